The average molecular weight is 415 g/mol. The molecule has 0 amide bonds. The van der Waals surface area contributed by atoms with Crippen molar-refractivity contribution in [3.05, 3.63) is 11.6 Å². The zero-order valence-corrected chi connectivity index (χ0v) is 20.3. The van der Waals surface area contributed by atoms with Gasteiger partial charge in [0.1, 0.15) is 6.10 Å². The predicted octanol–water partition coefficient (Wildman–Crippen LogP) is 7.57. The summed E-state index contributed by atoms with van der Waals surface area (Å²) in [5.41, 5.74) is 2.54. The molecule has 4 aliphatic carbocycles. The van der Waals surface area contributed by atoms with Gasteiger partial charge in [0.15, 0.2) is 0 Å². The molecule has 0 spiro atoms. The summed E-state index contributed by atoms with van der Waals surface area (Å²) in [6, 6.07) is 0. The topological polar surface area (TPSA) is 26.3 Å². The summed E-state index contributed by atoms with van der Waals surface area (Å²) in [7, 11) is 0. The van der Waals surface area contributed by atoms with Gasteiger partial charge in [0, 0.05) is 6.42 Å². The molecule has 30 heavy (non-hydrogen) atoms. The maximum absolute atomic E-state index is 10.8. The largest absolute Gasteiger partial charge is 0.464 e. The Morgan fingerprint density at radius 1 is 1.07 bits per heavy atom. The normalized spacial score (nSPS) is 43.9. The Bertz CT molecular complexity index is 651. The number of ether oxygens (including phenoxy) is 1. The van der Waals surface area contributed by atoms with E-state index < -0.39 is 0 Å². The first kappa shape index (κ1) is 22.4. The highest BCUT2D eigenvalue weighted by molar-refractivity contribution is 5.38. The van der Waals surface area contributed by atoms with E-state index in [0.717, 1.165) is 48.3 Å². The zero-order valence-electron chi connectivity index (χ0n) is 20.3. The third-order valence-corrected chi connectivity index (χ3v) is 10.5. The molecule has 0 bridgehead atoms. The van der Waals surface area contributed by atoms with Crippen LogP contribution in [-0.4, -0.2) is 12.6 Å². The van der Waals surface area contributed by atoms with Crippen molar-refractivity contribution < 1.29 is 9.53 Å². The molecule has 3 saturated carbocycles. The maximum atomic E-state index is 10.8. The standard InChI is InChI=1S/C28H46O2/c1-19(2)7-6-8-20(3)24-11-12-25-23-10-9-21-17-22(30-18-29)13-15-27(21,4)26(23)14-16-28(24,25)5/h9,18-20,22-26H,6-8,10-17H2,1-5H3/t20-,22+,23+,24-,25-,26-,27+,28-/m1/s1. The van der Waals surface area contributed by atoms with Crippen LogP contribution >= 0.6 is 0 Å². The lowest BCUT2D eigenvalue weighted by molar-refractivity contribution is -0.136. The van der Waals surface area contributed by atoms with Crippen LogP contribution in [0.25, 0.3) is 0 Å². The van der Waals surface area contributed by atoms with E-state index in [0.29, 0.717) is 17.3 Å². The van der Waals surface area contributed by atoms with Crippen molar-refractivity contribution in [2.24, 2.45) is 46.3 Å². The summed E-state index contributed by atoms with van der Waals surface area (Å²) in [5, 5.41) is 0. The highest BCUT2D eigenvalue weighted by atomic mass is 16.5. The van der Waals surface area contributed by atoms with Crippen LogP contribution in [0.1, 0.15) is 105 Å². The number of fused-ring (bicyclic) bond motifs is 5. The SMILES string of the molecule is CC(C)CCC[C@@H](C)[C@H]1CC[C@@H]2[C@@H]3CC=C4C[C@@H](OC=O)CC[C@]4(C)[C@@H]3CC[C@@]21C. The van der Waals surface area contributed by atoms with Crippen LogP contribution in [0.4, 0.5) is 0 Å². The molecule has 0 N–H and O–H groups in total. The van der Waals surface area contributed by atoms with E-state index in [2.05, 4.69) is 40.7 Å². The Morgan fingerprint density at radius 2 is 1.87 bits per heavy atom. The minimum atomic E-state index is 0.120. The van der Waals surface area contributed by atoms with Crippen molar-refractivity contribution in [3.8, 4) is 0 Å². The van der Waals surface area contributed by atoms with Crippen molar-refractivity contribution in [1.29, 1.82) is 0 Å². The van der Waals surface area contributed by atoms with Crippen molar-refractivity contribution in [2.75, 3.05) is 0 Å². The van der Waals surface area contributed by atoms with Crippen molar-refractivity contribution >= 4 is 6.47 Å². The quantitative estimate of drug-likeness (QED) is 0.317. The molecule has 8 atom stereocenters. The Labute approximate surface area is 185 Å². The van der Waals surface area contributed by atoms with Gasteiger partial charge < -0.3 is 4.74 Å². The van der Waals surface area contributed by atoms with Crippen LogP contribution in [0, 0.1) is 46.3 Å². The minimum absolute atomic E-state index is 0.120. The molecule has 4 rings (SSSR count). The summed E-state index contributed by atoms with van der Waals surface area (Å²) in [5.74, 6) is 5.32. The van der Waals surface area contributed by atoms with Gasteiger partial charge in [0.05, 0.1) is 0 Å². The molecule has 0 unspecified atom stereocenters. The molecule has 2 heteroatoms. The molecule has 3 fully saturated rings. The molecule has 0 aromatic heterocycles. The lowest BCUT2D eigenvalue weighted by Crippen LogP contribution is -2.51. The number of rotatable bonds is 7. The van der Waals surface area contributed by atoms with Crippen molar-refractivity contribution in [3.63, 3.8) is 0 Å². The van der Waals surface area contributed by atoms with E-state index in [-0.39, 0.29) is 6.10 Å². The predicted molar refractivity (Wildman–Crippen MR) is 124 cm³/mol. The van der Waals surface area contributed by atoms with Gasteiger partial charge >= 0.3 is 0 Å². The van der Waals surface area contributed by atoms with Crippen molar-refractivity contribution in [2.45, 2.75) is 111 Å². The van der Waals surface area contributed by atoms with E-state index in [1.54, 1.807) is 5.57 Å². The minimum Gasteiger partial charge on any atom is -0.464 e. The van der Waals surface area contributed by atoms with E-state index in [1.165, 1.54) is 57.8 Å². The van der Waals surface area contributed by atoms with Gasteiger partial charge in [0.25, 0.3) is 6.47 Å². The Kier molecular flexibility index (Phi) is 6.44. The van der Waals surface area contributed by atoms with E-state index in [1.807, 2.05) is 0 Å². The first-order valence-electron chi connectivity index (χ1n) is 13.1. The summed E-state index contributed by atoms with van der Waals surface area (Å²) in [6.07, 6.45) is 17.2. The summed E-state index contributed by atoms with van der Waals surface area (Å²) >= 11 is 0. The smallest absolute Gasteiger partial charge is 0.293 e. The Balaban J connectivity index is 1.47. The van der Waals surface area contributed by atoms with Gasteiger partial charge in [-0.2, -0.15) is 0 Å². The maximum Gasteiger partial charge on any atom is 0.293 e. The van der Waals surface area contributed by atoms with Crippen molar-refractivity contribution in [1.82, 2.24) is 0 Å². The van der Waals surface area contributed by atoms with Crippen LogP contribution in [0.3, 0.4) is 0 Å². The zero-order chi connectivity index (χ0) is 21.5. The number of hydrogen-bond acceptors (Lipinski definition) is 2. The Hall–Kier alpha value is -0.790. The van der Waals surface area contributed by atoms with Gasteiger partial charge in [-0.05, 0) is 91.3 Å². The first-order valence-corrected chi connectivity index (χ1v) is 13.1. The van der Waals surface area contributed by atoms with E-state index in [9.17, 15) is 4.79 Å². The fraction of sp³-hybridized carbons (Fsp3) is 0.893. The van der Waals surface area contributed by atoms with Gasteiger partial charge in [-0.25, -0.2) is 0 Å². The summed E-state index contributed by atoms with van der Waals surface area (Å²) in [6.45, 7) is 13.2. The molecule has 0 heterocycles. The molecule has 0 aromatic rings. The van der Waals surface area contributed by atoms with Gasteiger partial charge in [0.2, 0.25) is 0 Å². The Morgan fingerprint density at radius 3 is 2.60 bits per heavy atom. The molecule has 0 saturated heterocycles. The lowest BCUT2D eigenvalue weighted by Gasteiger charge is -2.58. The third-order valence-electron chi connectivity index (χ3n) is 10.5. The second-order valence-corrected chi connectivity index (χ2v) is 12.4. The molecular formula is C28H46O2. The number of carbonyl (C=O) groups excluding carboxylic acids is 1. The second kappa shape index (κ2) is 8.62. The van der Waals surface area contributed by atoms with Gasteiger partial charge in [-0.1, -0.05) is 65.5 Å². The van der Waals surface area contributed by atoms with E-state index >= 15 is 0 Å². The number of allylic oxidation sites excluding steroid dienone is 1. The van der Waals surface area contributed by atoms with E-state index in [4.69, 9.17) is 4.74 Å². The fourth-order valence-corrected chi connectivity index (χ4v) is 8.85. The number of hydrogen-bond donors (Lipinski definition) is 0. The third kappa shape index (κ3) is 3.79. The average Bonchev–Trinajstić information content (AvgIpc) is 3.05. The van der Waals surface area contributed by atoms with Crippen LogP contribution in [-0.2, 0) is 9.53 Å². The monoisotopic (exact) mass is 414 g/mol. The van der Waals surface area contributed by atoms with Gasteiger partial charge in [-0.3, -0.25) is 4.79 Å². The lowest BCUT2D eigenvalue weighted by atomic mass is 9.47. The van der Waals surface area contributed by atoms with Crippen LogP contribution < -0.4 is 0 Å². The highest BCUT2D eigenvalue weighted by Gasteiger charge is 2.59. The molecule has 0 aromatic carbocycles. The first-order chi connectivity index (χ1) is 14.3. The van der Waals surface area contributed by atoms with Crippen LogP contribution in [0.5, 0.6) is 0 Å². The summed E-state index contributed by atoms with van der Waals surface area (Å²) < 4.78 is 5.36. The molecule has 0 radical (unpaired) electrons. The number of carbonyl (C=O) groups is 1. The van der Waals surface area contributed by atoms with Crippen LogP contribution in [0.2, 0.25) is 0 Å². The molecule has 2 nitrogen and oxygen atoms in total. The molecule has 0 aliphatic heterocycles. The molecule has 170 valence electrons. The molecule has 4 aliphatic rings. The van der Waals surface area contributed by atoms with Crippen LogP contribution in [0.15, 0.2) is 11.6 Å². The highest BCUT2D eigenvalue weighted by Crippen LogP contribution is 2.67. The fourth-order valence-electron chi connectivity index (χ4n) is 8.85. The summed E-state index contributed by atoms with van der Waals surface area (Å²) in [4.78, 5) is 10.8. The van der Waals surface area contributed by atoms with Gasteiger partial charge in [-0.15, -0.1) is 0 Å². The molecular weight excluding hydrogens is 368 g/mol. The second-order valence-electron chi connectivity index (χ2n) is 12.4.